The zero-order valence-corrected chi connectivity index (χ0v) is 18.0. The van der Waals surface area contributed by atoms with Crippen molar-refractivity contribution in [3.63, 3.8) is 0 Å². The second-order valence-corrected chi connectivity index (χ2v) is 9.72. The molecule has 5 atom stereocenters. The minimum Gasteiger partial charge on any atom is -0.428 e. The van der Waals surface area contributed by atoms with Crippen LogP contribution in [0.15, 0.2) is 47.6 Å². The fourth-order valence-electron chi connectivity index (χ4n) is 5.81. The van der Waals surface area contributed by atoms with Gasteiger partial charge < -0.3 is 9.84 Å². The number of ether oxygens (including phenoxy) is 1. The molecular weight excluding hydrogens is 348 g/mol. The molecule has 0 bridgehead atoms. The molecule has 3 heteroatoms. The Balaban J connectivity index is 1.67. The molecule has 2 fully saturated rings. The predicted molar refractivity (Wildman–Crippen MR) is 113 cm³/mol. The van der Waals surface area contributed by atoms with E-state index in [1.165, 1.54) is 55.7 Å². The van der Waals surface area contributed by atoms with Gasteiger partial charge in [0.2, 0.25) is 6.29 Å². The van der Waals surface area contributed by atoms with Crippen molar-refractivity contribution in [2.75, 3.05) is 0 Å². The molecule has 1 N–H and O–H groups in total. The monoisotopic (exact) mass is 384 g/mol. The van der Waals surface area contributed by atoms with E-state index in [0.29, 0.717) is 16.4 Å². The number of hydrogen-bond donors (Lipinski definition) is 1. The maximum Gasteiger partial charge on any atom is 0.333 e. The highest BCUT2D eigenvalue weighted by atomic mass is 16.6. The lowest BCUT2D eigenvalue weighted by atomic mass is 9.46. The van der Waals surface area contributed by atoms with Crippen LogP contribution in [0.2, 0.25) is 0 Å². The number of allylic oxidation sites excluding steroid dienone is 4. The lowest BCUT2D eigenvalue weighted by Crippen LogP contribution is -2.50. The van der Waals surface area contributed by atoms with E-state index in [1.807, 2.05) is 6.08 Å². The molecular formula is C25H36O3. The largest absolute Gasteiger partial charge is 0.428 e. The summed E-state index contributed by atoms with van der Waals surface area (Å²) in [5, 5.41) is 9.63. The first kappa shape index (κ1) is 21.1. The number of carbonyl (C=O) groups excluding carboxylic acids is 1. The van der Waals surface area contributed by atoms with E-state index in [2.05, 4.69) is 40.3 Å². The van der Waals surface area contributed by atoms with E-state index in [9.17, 15) is 9.90 Å². The van der Waals surface area contributed by atoms with Crippen LogP contribution in [0, 0.1) is 22.7 Å². The number of cyclic esters (lactones) is 1. The van der Waals surface area contributed by atoms with Crippen LogP contribution in [0.5, 0.6) is 0 Å². The van der Waals surface area contributed by atoms with Crippen LogP contribution in [-0.2, 0) is 9.53 Å². The maximum atomic E-state index is 11.2. The van der Waals surface area contributed by atoms with Gasteiger partial charge >= 0.3 is 5.97 Å². The SMILES string of the molecule is C=C1CCC[C@@H]2[C@@](C)(CC/C(C)=C/C=C/C3=CC(=O)OC3O)[C@H](C)CC[C@@]12C. The molecule has 3 aliphatic rings. The van der Waals surface area contributed by atoms with E-state index in [0.717, 1.165) is 18.3 Å². The molecule has 2 aliphatic carbocycles. The Labute approximate surface area is 170 Å². The quantitative estimate of drug-likeness (QED) is 0.366. The summed E-state index contributed by atoms with van der Waals surface area (Å²) >= 11 is 0. The summed E-state index contributed by atoms with van der Waals surface area (Å²) in [7, 11) is 0. The van der Waals surface area contributed by atoms with E-state index in [1.54, 1.807) is 6.08 Å². The van der Waals surface area contributed by atoms with Gasteiger partial charge in [-0.1, -0.05) is 56.7 Å². The zero-order valence-electron chi connectivity index (χ0n) is 18.0. The highest BCUT2D eigenvalue weighted by Crippen LogP contribution is 2.62. The normalized spacial score (nSPS) is 39.1. The third-order valence-electron chi connectivity index (χ3n) is 8.09. The van der Waals surface area contributed by atoms with E-state index >= 15 is 0 Å². The summed E-state index contributed by atoms with van der Waals surface area (Å²) in [5.74, 6) is 0.987. The second-order valence-electron chi connectivity index (χ2n) is 9.72. The summed E-state index contributed by atoms with van der Waals surface area (Å²) in [6.07, 6.45) is 14.7. The highest BCUT2D eigenvalue weighted by Gasteiger charge is 2.53. The van der Waals surface area contributed by atoms with Gasteiger partial charge in [-0.05, 0) is 74.5 Å². The van der Waals surface area contributed by atoms with Crippen molar-refractivity contribution < 1.29 is 14.6 Å². The van der Waals surface area contributed by atoms with Crippen molar-refractivity contribution in [2.45, 2.75) is 78.9 Å². The lowest BCUT2D eigenvalue weighted by molar-refractivity contribution is -0.150. The topological polar surface area (TPSA) is 46.5 Å². The summed E-state index contributed by atoms with van der Waals surface area (Å²) in [5.41, 5.74) is 3.98. The number of carbonyl (C=O) groups is 1. The maximum absolute atomic E-state index is 11.2. The van der Waals surface area contributed by atoms with Crippen molar-refractivity contribution in [3.05, 3.63) is 47.6 Å². The minimum absolute atomic E-state index is 0.314. The smallest absolute Gasteiger partial charge is 0.333 e. The van der Waals surface area contributed by atoms with Crippen molar-refractivity contribution >= 4 is 5.97 Å². The lowest BCUT2D eigenvalue weighted by Gasteiger charge is -2.59. The van der Waals surface area contributed by atoms with Crippen LogP contribution in [0.1, 0.15) is 72.6 Å². The van der Waals surface area contributed by atoms with Gasteiger partial charge in [0.15, 0.2) is 0 Å². The molecule has 0 spiro atoms. The molecule has 0 amide bonds. The first-order valence-corrected chi connectivity index (χ1v) is 10.8. The van der Waals surface area contributed by atoms with Crippen molar-refractivity contribution in [1.29, 1.82) is 0 Å². The molecule has 0 aromatic rings. The molecule has 1 aliphatic heterocycles. The predicted octanol–water partition coefficient (Wildman–Crippen LogP) is 5.87. The second kappa shape index (κ2) is 8.02. The Kier molecular flexibility index (Phi) is 6.05. The van der Waals surface area contributed by atoms with Gasteiger partial charge in [0, 0.05) is 11.6 Å². The third kappa shape index (κ3) is 3.91. The molecule has 0 saturated heterocycles. The summed E-state index contributed by atoms with van der Waals surface area (Å²) < 4.78 is 4.70. The number of fused-ring (bicyclic) bond motifs is 1. The molecule has 0 aromatic carbocycles. The minimum atomic E-state index is -1.13. The molecule has 1 heterocycles. The van der Waals surface area contributed by atoms with Gasteiger partial charge in [0.1, 0.15) is 0 Å². The standard InChI is InChI=1S/C25H36O3/c1-17(8-6-10-20-16-22(26)28-23(20)27)12-14-24(4)19(3)13-15-25(5)18(2)9-7-11-21(24)25/h6,8,10,16,19,21,23,27H,2,7,9,11-15H2,1,3-5H3/b10-6+,17-8+/t19-,21-,23?,24+,25+/m1/s1. The van der Waals surface area contributed by atoms with Crippen molar-refractivity contribution in [2.24, 2.45) is 22.7 Å². The number of hydrogen-bond acceptors (Lipinski definition) is 3. The average molecular weight is 385 g/mol. The fraction of sp³-hybridized carbons (Fsp3) is 0.640. The Morgan fingerprint density at radius 2 is 2.14 bits per heavy atom. The number of aliphatic hydroxyl groups excluding tert-OH is 1. The molecule has 3 rings (SSSR count). The van der Waals surface area contributed by atoms with Gasteiger partial charge in [-0.15, -0.1) is 0 Å². The molecule has 3 nitrogen and oxygen atoms in total. The Bertz CT molecular complexity index is 728. The number of esters is 1. The van der Waals surface area contributed by atoms with Crippen LogP contribution in [-0.4, -0.2) is 17.4 Å². The first-order valence-electron chi connectivity index (χ1n) is 10.8. The molecule has 154 valence electrons. The summed E-state index contributed by atoms with van der Waals surface area (Å²) in [6.45, 7) is 14.1. The van der Waals surface area contributed by atoms with Gasteiger partial charge in [-0.3, -0.25) is 0 Å². The van der Waals surface area contributed by atoms with Crippen LogP contribution < -0.4 is 0 Å². The van der Waals surface area contributed by atoms with Crippen molar-refractivity contribution in [1.82, 2.24) is 0 Å². The van der Waals surface area contributed by atoms with Gasteiger partial charge in [0.05, 0.1) is 0 Å². The zero-order chi connectivity index (χ0) is 20.5. The molecule has 1 unspecified atom stereocenters. The first-order chi connectivity index (χ1) is 13.2. The van der Waals surface area contributed by atoms with Gasteiger partial charge in [0.25, 0.3) is 0 Å². The van der Waals surface area contributed by atoms with E-state index < -0.39 is 12.3 Å². The molecule has 0 aromatic heterocycles. The summed E-state index contributed by atoms with van der Waals surface area (Å²) in [4.78, 5) is 11.2. The highest BCUT2D eigenvalue weighted by molar-refractivity contribution is 5.86. The number of aliphatic hydroxyl groups is 1. The Hall–Kier alpha value is -1.61. The van der Waals surface area contributed by atoms with Crippen LogP contribution in [0.25, 0.3) is 0 Å². The van der Waals surface area contributed by atoms with Crippen molar-refractivity contribution in [3.8, 4) is 0 Å². The van der Waals surface area contributed by atoms with E-state index in [-0.39, 0.29) is 0 Å². The average Bonchev–Trinajstić information content (AvgIpc) is 2.96. The van der Waals surface area contributed by atoms with Crippen LogP contribution in [0.4, 0.5) is 0 Å². The number of rotatable bonds is 5. The third-order valence-corrected chi connectivity index (χ3v) is 8.09. The molecule has 2 saturated carbocycles. The summed E-state index contributed by atoms with van der Waals surface area (Å²) in [6, 6.07) is 0. The van der Waals surface area contributed by atoms with Gasteiger partial charge in [-0.2, -0.15) is 0 Å². The van der Waals surface area contributed by atoms with Crippen LogP contribution >= 0.6 is 0 Å². The Morgan fingerprint density at radius 1 is 1.39 bits per heavy atom. The fourth-order valence-corrected chi connectivity index (χ4v) is 5.81. The molecule has 0 radical (unpaired) electrons. The van der Waals surface area contributed by atoms with Gasteiger partial charge in [-0.25, -0.2) is 4.79 Å². The van der Waals surface area contributed by atoms with Crippen LogP contribution in [0.3, 0.4) is 0 Å². The van der Waals surface area contributed by atoms with E-state index in [4.69, 9.17) is 4.74 Å². The molecule has 28 heavy (non-hydrogen) atoms. The Morgan fingerprint density at radius 3 is 2.82 bits per heavy atom.